The Bertz CT molecular complexity index is 357. The van der Waals surface area contributed by atoms with Gasteiger partial charge in [-0.05, 0) is 19.1 Å². The summed E-state index contributed by atoms with van der Waals surface area (Å²) < 4.78 is 16.8. The molecule has 80 valence electrons. The molecule has 1 aromatic carbocycles. The molecule has 4 heteroatoms. The predicted octanol–water partition coefficient (Wildman–Crippen LogP) is 2.02. The molecule has 15 heavy (non-hydrogen) atoms. The van der Waals surface area contributed by atoms with Crippen molar-refractivity contribution in [3.8, 4) is 0 Å². The first kappa shape index (κ1) is 11.4. The van der Waals surface area contributed by atoms with Crippen molar-refractivity contribution in [2.75, 3.05) is 13.3 Å². The molecule has 0 amide bonds. The summed E-state index contributed by atoms with van der Waals surface area (Å²) in [6, 6.07) is 5.71. The van der Waals surface area contributed by atoms with Gasteiger partial charge in [0.15, 0.2) is 12.5 Å². The second kappa shape index (κ2) is 5.24. The van der Waals surface area contributed by atoms with E-state index in [4.69, 9.17) is 4.74 Å². The highest BCUT2D eigenvalue weighted by molar-refractivity contribution is 5.98. The zero-order valence-electron chi connectivity index (χ0n) is 8.33. The average Bonchev–Trinajstić information content (AvgIpc) is 2.28. The van der Waals surface area contributed by atoms with E-state index in [1.807, 2.05) is 0 Å². The van der Waals surface area contributed by atoms with Gasteiger partial charge in [-0.3, -0.25) is 4.79 Å². The molecule has 0 aromatic heterocycles. The van der Waals surface area contributed by atoms with Crippen LogP contribution >= 0.6 is 0 Å². The third-order valence-electron chi connectivity index (χ3n) is 1.84. The van der Waals surface area contributed by atoms with Crippen molar-refractivity contribution < 1.29 is 18.7 Å². The lowest BCUT2D eigenvalue weighted by molar-refractivity contribution is 0.0526. The van der Waals surface area contributed by atoms with Crippen LogP contribution < -0.4 is 0 Å². The summed E-state index contributed by atoms with van der Waals surface area (Å²) in [4.78, 5) is 22.1. The van der Waals surface area contributed by atoms with Gasteiger partial charge < -0.3 is 4.74 Å². The van der Waals surface area contributed by atoms with Crippen LogP contribution in [-0.2, 0) is 4.74 Å². The number of carbonyl (C=O) groups is 2. The first-order chi connectivity index (χ1) is 7.19. The van der Waals surface area contributed by atoms with Gasteiger partial charge in [0.05, 0.1) is 12.2 Å². The first-order valence-corrected chi connectivity index (χ1v) is 4.55. The highest BCUT2D eigenvalue weighted by Gasteiger charge is 2.08. The smallest absolute Gasteiger partial charge is 0.338 e. The largest absolute Gasteiger partial charge is 0.462 e. The number of carbonyl (C=O) groups excluding carboxylic acids is 2. The number of benzene rings is 1. The molecule has 0 saturated heterocycles. The Balaban J connectivity index is 2.80. The fourth-order valence-electron chi connectivity index (χ4n) is 1.08. The summed E-state index contributed by atoms with van der Waals surface area (Å²) in [6.07, 6.45) is 0. The van der Waals surface area contributed by atoms with Crippen LogP contribution in [0.3, 0.4) is 0 Å². The lowest BCUT2D eigenvalue weighted by atomic mass is 10.1. The quantitative estimate of drug-likeness (QED) is 0.564. The van der Waals surface area contributed by atoms with Gasteiger partial charge in [0, 0.05) is 5.56 Å². The number of ether oxygens (including phenoxy) is 1. The molecule has 1 aromatic rings. The van der Waals surface area contributed by atoms with Gasteiger partial charge in [0.1, 0.15) is 0 Å². The van der Waals surface area contributed by atoms with E-state index in [1.165, 1.54) is 24.3 Å². The summed E-state index contributed by atoms with van der Waals surface area (Å²) in [5.74, 6) is -1.04. The summed E-state index contributed by atoms with van der Waals surface area (Å²) in [7, 11) is 0. The Labute approximate surface area is 86.9 Å². The van der Waals surface area contributed by atoms with Crippen molar-refractivity contribution in [1.82, 2.24) is 0 Å². The molecule has 0 aliphatic heterocycles. The van der Waals surface area contributed by atoms with Crippen LogP contribution in [0.2, 0.25) is 0 Å². The molecule has 0 radical (unpaired) electrons. The maximum Gasteiger partial charge on any atom is 0.338 e. The van der Waals surface area contributed by atoms with Gasteiger partial charge in [0.25, 0.3) is 0 Å². The minimum atomic E-state index is -1.03. The molecule has 0 atom stereocenters. The van der Waals surface area contributed by atoms with Crippen molar-refractivity contribution in [1.29, 1.82) is 0 Å². The molecule has 0 aliphatic carbocycles. The van der Waals surface area contributed by atoms with Crippen molar-refractivity contribution in [2.45, 2.75) is 6.92 Å². The van der Waals surface area contributed by atoms with Crippen molar-refractivity contribution in [3.05, 3.63) is 35.4 Å². The summed E-state index contributed by atoms with van der Waals surface area (Å²) in [6.45, 7) is 0.974. The van der Waals surface area contributed by atoms with Crippen molar-refractivity contribution in [2.24, 2.45) is 0 Å². The Morgan fingerprint density at radius 3 is 2.20 bits per heavy atom. The van der Waals surface area contributed by atoms with E-state index in [0.717, 1.165) is 0 Å². The summed E-state index contributed by atoms with van der Waals surface area (Å²) in [5, 5.41) is 0. The third kappa shape index (κ3) is 2.87. The van der Waals surface area contributed by atoms with E-state index in [0.29, 0.717) is 12.2 Å². The molecule has 0 N–H and O–H groups in total. The molecule has 0 spiro atoms. The number of rotatable bonds is 4. The first-order valence-electron chi connectivity index (χ1n) is 4.55. The van der Waals surface area contributed by atoms with E-state index < -0.39 is 18.4 Å². The average molecular weight is 210 g/mol. The van der Waals surface area contributed by atoms with Crippen molar-refractivity contribution in [3.63, 3.8) is 0 Å². The molecule has 0 bridgehead atoms. The minimum Gasteiger partial charge on any atom is -0.462 e. The Morgan fingerprint density at radius 2 is 1.73 bits per heavy atom. The fourth-order valence-corrected chi connectivity index (χ4v) is 1.08. The highest BCUT2D eigenvalue weighted by atomic mass is 19.1. The zero-order chi connectivity index (χ0) is 11.3. The molecule has 0 heterocycles. The number of halogens is 1. The monoisotopic (exact) mass is 210 g/mol. The molecule has 3 nitrogen and oxygen atoms in total. The maximum atomic E-state index is 12.0. The molecule has 1 rings (SSSR count). The zero-order valence-corrected chi connectivity index (χ0v) is 8.33. The van der Waals surface area contributed by atoms with Gasteiger partial charge in [-0.1, -0.05) is 12.1 Å². The number of Topliss-reactive ketones (excluding diaryl/α,β-unsaturated/α-hetero) is 1. The number of esters is 1. The second-order valence-corrected chi connectivity index (χ2v) is 2.85. The van der Waals surface area contributed by atoms with Crippen LogP contribution in [0.1, 0.15) is 27.6 Å². The predicted molar refractivity (Wildman–Crippen MR) is 52.7 cm³/mol. The van der Waals surface area contributed by atoms with Crippen LogP contribution in [0.5, 0.6) is 0 Å². The second-order valence-electron chi connectivity index (χ2n) is 2.85. The summed E-state index contributed by atoms with van der Waals surface area (Å²) in [5.41, 5.74) is 0.609. The highest BCUT2D eigenvalue weighted by Crippen LogP contribution is 2.07. The van der Waals surface area contributed by atoms with Gasteiger partial charge in [0.2, 0.25) is 0 Å². The van der Waals surface area contributed by atoms with Gasteiger partial charge in [-0.2, -0.15) is 0 Å². The molecule has 0 saturated carbocycles. The normalized spacial score (nSPS) is 9.73. The molecular formula is C11H11FO3. The Kier molecular flexibility index (Phi) is 3.97. The van der Waals surface area contributed by atoms with Crippen LogP contribution in [0.25, 0.3) is 0 Å². The Hall–Kier alpha value is -1.71. The van der Waals surface area contributed by atoms with E-state index >= 15 is 0 Å². The van der Waals surface area contributed by atoms with Crippen LogP contribution in [0, 0.1) is 0 Å². The molecule has 0 aliphatic rings. The van der Waals surface area contributed by atoms with Crippen LogP contribution in [-0.4, -0.2) is 25.0 Å². The van der Waals surface area contributed by atoms with E-state index in [-0.39, 0.29) is 5.56 Å². The molecular weight excluding hydrogens is 199 g/mol. The molecule has 0 unspecified atom stereocenters. The van der Waals surface area contributed by atoms with Gasteiger partial charge >= 0.3 is 5.97 Å². The maximum absolute atomic E-state index is 12.0. The van der Waals surface area contributed by atoms with Crippen molar-refractivity contribution >= 4 is 11.8 Å². The number of hydrogen-bond donors (Lipinski definition) is 0. The minimum absolute atomic E-state index is 0.255. The lowest BCUT2D eigenvalue weighted by Gasteiger charge is -2.02. The number of hydrogen-bond acceptors (Lipinski definition) is 3. The van der Waals surface area contributed by atoms with Gasteiger partial charge in [-0.25, -0.2) is 9.18 Å². The lowest BCUT2D eigenvalue weighted by Crippen LogP contribution is -2.06. The SMILES string of the molecule is CCOC(=O)c1ccc(C(=O)CF)cc1. The van der Waals surface area contributed by atoms with E-state index in [1.54, 1.807) is 6.92 Å². The third-order valence-corrected chi connectivity index (χ3v) is 1.84. The van der Waals surface area contributed by atoms with Gasteiger partial charge in [-0.15, -0.1) is 0 Å². The van der Waals surface area contributed by atoms with E-state index in [9.17, 15) is 14.0 Å². The topological polar surface area (TPSA) is 43.4 Å². The standard InChI is InChI=1S/C11H11FO3/c1-2-15-11(14)9-5-3-8(4-6-9)10(13)7-12/h3-6H,2,7H2,1H3. The van der Waals surface area contributed by atoms with E-state index in [2.05, 4.69) is 0 Å². The Morgan fingerprint density at radius 1 is 1.20 bits per heavy atom. The number of alkyl halides is 1. The van der Waals surface area contributed by atoms with Crippen LogP contribution in [0.15, 0.2) is 24.3 Å². The fraction of sp³-hybridized carbons (Fsp3) is 0.273. The molecule has 0 fully saturated rings. The van der Waals surface area contributed by atoms with Crippen LogP contribution in [0.4, 0.5) is 4.39 Å². The summed E-state index contributed by atoms with van der Waals surface area (Å²) >= 11 is 0. The number of ketones is 1.